The lowest BCUT2D eigenvalue weighted by molar-refractivity contribution is -0.123. The average molecular weight is 278 g/mol. The summed E-state index contributed by atoms with van der Waals surface area (Å²) in [5.74, 6) is 0.00973. The summed E-state index contributed by atoms with van der Waals surface area (Å²) in [6.07, 6.45) is 0.713. The molecule has 2 atom stereocenters. The minimum Gasteiger partial charge on any atom is -0.351 e. The van der Waals surface area contributed by atoms with Crippen LogP contribution in [0.1, 0.15) is 18.9 Å². The van der Waals surface area contributed by atoms with Gasteiger partial charge in [-0.05, 0) is 12.0 Å². The van der Waals surface area contributed by atoms with Crippen molar-refractivity contribution in [1.29, 1.82) is 0 Å². The topological polar surface area (TPSA) is 58.2 Å². The molecule has 2 rings (SSSR count). The van der Waals surface area contributed by atoms with Gasteiger partial charge in [0.15, 0.2) is 5.12 Å². The lowest BCUT2D eigenvalue weighted by atomic mass is 10.2. The van der Waals surface area contributed by atoms with Gasteiger partial charge < -0.3 is 10.6 Å². The van der Waals surface area contributed by atoms with Crippen LogP contribution >= 0.6 is 11.8 Å². The Morgan fingerprint density at radius 2 is 2.11 bits per heavy atom. The van der Waals surface area contributed by atoms with E-state index in [4.69, 9.17) is 0 Å². The van der Waals surface area contributed by atoms with E-state index in [1.54, 1.807) is 6.92 Å². The molecule has 1 aliphatic heterocycles. The monoisotopic (exact) mass is 278 g/mol. The third-order valence-corrected chi connectivity index (χ3v) is 4.07. The third kappa shape index (κ3) is 4.36. The number of carbonyl (C=O) groups excluding carboxylic acids is 2. The van der Waals surface area contributed by atoms with Gasteiger partial charge >= 0.3 is 0 Å². The molecule has 4 nitrogen and oxygen atoms in total. The molecule has 2 N–H and O–H groups in total. The Bertz CT molecular complexity index is 450. The van der Waals surface area contributed by atoms with Crippen molar-refractivity contribution >= 4 is 22.8 Å². The van der Waals surface area contributed by atoms with E-state index < -0.39 is 0 Å². The molecule has 0 bridgehead atoms. The molecule has 0 aromatic heterocycles. The fourth-order valence-corrected chi connectivity index (χ4v) is 3.07. The first kappa shape index (κ1) is 14.1. The van der Waals surface area contributed by atoms with E-state index in [2.05, 4.69) is 10.6 Å². The molecule has 102 valence electrons. The average Bonchev–Trinajstić information content (AvgIpc) is 2.85. The number of rotatable bonds is 4. The summed E-state index contributed by atoms with van der Waals surface area (Å²) in [6, 6.07) is 9.64. The zero-order valence-electron chi connectivity index (χ0n) is 10.9. The number of thioether (sulfide) groups is 1. The van der Waals surface area contributed by atoms with Crippen LogP contribution in [-0.2, 0) is 16.1 Å². The van der Waals surface area contributed by atoms with E-state index >= 15 is 0 Å². The Labute approximate surface area is 117 Å². The molecule has 0 radical (unpaired) electrons. The fraction of sp³-hybridized carbons (Fsp3) is 0.429. The molecule has 19 heavy (non-hydrogen) atoms. The van der Waals surface area contributed by atoms with Crippen LogP contribution in [0.5, 0.6) is 0 Å². The smallest absolute Gasteiger partial charge is 0.237 e. The standard InChI is InChI=1S/C14H18N2O2S/c1-10(17)19-12-7-13(15-9-12)14(18)16-8-11-5-3-2-4-6-11/h2-6,12-13,15H,7-9H2,1H3,(H,16,18)/t12-,13-/m0/s1. The number of nitrogens with one attached hydrogen (secondary N) is 2. The van der Waals surface area contributed by atoms with Gasteiger partial charge in [0.2, 0.25) is 5.91 Å². The molecule has 1 saturated heterocycles. The molecule has 1 aromatic rings. The van der Waals surface area contributed by atoms with Crippen molar-refractivity contribution in [2.75, 3.05) is 6.54 Å². The van der Waals surface area contributed by atoms with Gasteiger partial charge in [0, 0.05) is 25.3 Å². The maximum absolute atomic E-state index is 12.0. The molecule has 0 spiro atoms. The minimum absolute atomic E-state index is 0.00973. The Kier molecular flexibility index (Phi) is 4.99. The van der Waals surface area contributed by atoms with E-state index in [9.17, 15) is 9.59 Å². The molecule has 1 aliphatic rings. The van der Waals surface area contributed by atoms with E-state index in [1.807, 2.05) is 30.3 Å². The minimum atomic E-state index is -0.180. The predicted molar refractivity (Wildman–Crippen MR) is 76.8 cm³/mol. The highest BCUT2D eigenvalue weighted by atomic mass is 32.2. The van der Waals surface area contributed by atoms with Gasteiger partial charge in [-0.1, -0.05) is 42.1 Å². The van der Waals surface area contributed by atoms with Crippen LogP contribution in [0.2, 0.25) is 0 Å². The van der Waals surface area contributed by atoms with Crippen LogP contribution in [-0.4, -0.2) is 28.9 Å². The van der Waals surface area contributed by atoms with Crippen molar-refractivity contribution in [3.05, 3.63) is 35.9 Å². The van der Waals surface area contributed by atoms with Crippen molar-refractivity contribution in [2.45, 2.75) is 31.2 Å². The lowest BCUT2D eigenvalue weighted by Gasteiger charge is -2.11. The molecular formula is C14H18N2O2S. The van der Waals surface area contributed by atoms with Crippen LogP contribution in [0.15, 0.2) is 30.3 Å². The first-order valence-corrected chi connectivity index (χ1v) is 7.25. The number of carbonyl (C=O) groups is 2. The van der Waals surface area contributed by atoms with Crippen LogP contribution in [0.3, 0.4) is 0 Å². The quantitative estimate of drug-likeness (QED) is 0.872. The molecule has 1 heterocycles. The first-order chi connectivity index (χ1) is 9.15. The molecule has 0 aliphatic carbocycles. The second-order valence-corrected chi connectivity index (χ2v) is 6.11. The molecule has 0 unspecified atom stereocenters. The largest absolute Gasteiger partial charge is 0.351 e. The molecule has 5 heteroatoms. The van der Waals surface area contributed by atoms with E-state index in [0.717, 1.165) is 5.56 Å². The summed E-state index contributed by atoms with van der Waals surface area (Å²) >= 11 is 1.32. The lowest BCUT2D eigenvalue weighted by Crippen LogP contribution is -2.39. The van der Waals surface area contributed by atoms with Crippen molar-refractivity contribution < 1.29 is 9.59 Å². The van der Waals surface area contributed by atoms with Gasteiger partial charge in [-0.25, -0.2) is 0 Å². The molecule has 1 amide bonds. The molecule has 1 aromatic carbocycles. The van der Waals surface area contributed by atoms with Crippen molar-refractivity contribution in [1.82, 2.24) is 10.6 Å². The highest BCUT2D eigenvalue weighted by Crippen LogP contribution is 2.21. The molecule has 0 saturated carbocycles. The highest BCUT2D eigenvalue weighted by molar-refractivity contribution is 8.14. The van der Waals surface area contributed by atoms with Crippen LogP contribution < -0.4 is 10.6 Å². The summed E-state index contributed by atoms with van der Waals surface area (Å²) in [6.45, 7) is 2.82. The first-order valence-electron chi connectivity index (χ1n) is 6.37. The van der Waals surface area contributed by atoms with Crippen molar-refractivity contribution in [2.24, 2.45) is 0 Å². The maximum Gasteiger partial charge on any atom is 0.237 e. The van der Waals surface area contributed by atoms with Gasteiger partial charge in [-0.2, -0.15) is 0 Å². The fourth-order valence-electron chi connectivity index (χ4n) is 2.14. The number of hydrogen-bond acceptors (Lipinski definition) is 4. The second kappa shape index (κ2) is 6.73. The zero-order valence-corrected chi connectivity index (χ0v) is 11.7. The summed E-state index contributed by atoms with van der Waals surface area (Å²) in [5.41, 5.74) is 1.09. The zero-order chi connectivity index (χ0) is 13.7. The highest BCUT2D eigenvalue weighted by Gasteiger charge is 2.30. The van der Waals surface area contributed by atoms with Gasteiger partial charge in [0.1, 0.15) is 0 Å². The van der Waals surface area contributed by atoms with Gasteiger partial charge in [0.25, 0.3) is 0 Å². The number of amides is 1. The summed E-state index contributed by atoms with van der Waals surface area (Å²) in [7, 11) is 0. The Morgan fingerprint density at radius 1 is 1.37 bits per heavy atom. The maximum atomic E-state index is 12.0. The predicted octanol–water partition coefficient (Wildman–Crippen LogP) is 1.31. The summed E-state index contributed by atoms with van der Waals surface area (Å²) < 4.78 is 0. The van der Waals surface area contributed by atoms with Crippen molar-refractivity contribution in [3.8, 4) is 0 Å². The van der Waals surface area contributed by atoms with E-state index in [1.165, 1.54) is 11.8 Å². The van der Waals surface area contributed by atoms with Crippen molar-refractivity contribution in [3.63, 3.8) is 0 Å². The van der Waals surface area contributed by atoms with Gasteiger partial charge in [0.05, 0.1) is 6.04 Å². The van der Waals surface area contributed by atoms with Crippen LogP contribution in [0.25, 0.3) is 0 Å². The van der Waals surface area contributed by atoms with E-state index in [-0.39, 0.29) is 22.3 Å². The number of hydrogen-bond donors (Lipinski definition) is 2. The Hall–Kier alpha value is -1.33. The van der Waals surface area contributed by atoms with Gasteiger partial charge in [-0.3, -0.25) is 9.59 Å². The van der Waals surface area contributed by atoms with Crippen LogP contribution in [0, 0.1) is 0 Å². The second-order valence-electron chi connectivity index (χ2n) is 4.63. The summed E-state index contributed by atoms with van der Waals surface area (Å²) in [5, 5.41) is 6.40. The third-order valence-electron chi connectivity index (χ3n) is 3.05. The van der Waals surface area contributed by atoms with Gasteiger partial charge in [-0.15, -0.1) is 0 Å². The molecular weight excluding hydrogens is 260 g/mol. The number of benzene rings is 1. The molecule has 1 fully saturated rings. The van der Waals surface area contributed by atoms with E-state index in [0.29, 0.717) is 19.5 Å². The SMILES string of the molecule is CC(=O)S[C@@H]1CN[C@H](C(=O)NCc2ccccc2)C1. The Morgan fingerprint density at radius 3 is 2.79 bits per heavy atom. The summed E-state index contributed by atoms with van der Waals surface area (Å²) in [4.78, 5) is 23.0. The van der Waals surface area contributed by atoms with Crippen LogP contribution in [0.4, 0.5) is 0 Å². The normalized spacial score (nSPS) is 22.2. The Balaban J connectivity index is 1.77.